The molecule has 1 atom stereocenters. The Morgan fingerprint density at radius 2 is 1.61 bits per heavy atom. The number of nitrogens with zero attached hydrogens (tertiary/aromatic N) is 3. The first-order chi connectivity index (χ1) is 13.8. The van der Waals surface area contributed by atoms with Crippen LogP contribution in [0, 0.1) is 0 Å². The number of urea groups is 1. The van der Waals surface area contributed by atoms with E-state index in [2.05, 4.69) is 27.3 Å². The van der Waals surface area contributed by atoms with Crippen LogP contribution in [-0.4, -0.2) is 53.0 Å². The highest BCUT2D eigenvalue weighted by atomic mass is 16.2. The zero-order chi connectivity index (χ0) is 19.2. The molecule has 1 aliphatic heterocycles. The highest BCUT2D eigenvalue weighted by Gasteiger charge is 2.27. The molecule has 2 heterocycles. The van der Waals surface area contributed by atoms with Gasteiger partial charge >= 0.3 is 6.03 Å². The second-order valence-corrected chi connectivity index (χ2v) is 7.89. The van der Waals surface area contributed by atoms with Crippen molar-refractivity contribution in [2.45, 2.75) is 44.2 Å². The summed E-state index contributed by atoms with van der Waals surface area (Å²) in [5, 5.41) is 3.27. The van der Waals surface area contributed by atoms with Crippen LogP contribution >= 0.6 is 0 Å². The van der Waals surface area contributed by atoms with Gasteiger partial charge in [0.2, 0.25) is 0 Å². The first-order valence-electron chi connectivity index (χ1n) is 10.6. The van der Waals surface area contributed by atoms with Crippen LogP contribution in [0.15, 0.2) is 54.9 Å². The van der Waals surface area contributed by atoms with Crippen LogP contribution < -0.4 is 5.32 Å². The van der Waals surface area contributed by atoms with E-state index in [1.807, 2.05) is 35.2 Å². The van der Waals surface area contributed by atoms with Crippen LogP contribution in [0.25, 0.3) is 0 Å². The van der Waals surface area contributed by atoms with E-state index in [0.29, 0.717) is 0 Å². The molecule has 1 unspecified atom stereocenters. The quantitative estimate of drug-likeness (QED) is 0.880. The van der Waals surface area contributed by atoms with Gasteiger partial charge in [-0.3, -0.25) is 9.88 Å². The number of carbonyl (C=O) groups is 1. The molecule has 1 saturated carbocycles. The lowest BCUT2D eigenvalue weighted by Crippen LogP contribution is -2.44. The molecule has 2 amide bonds. The van der Waals surface area contributed by atoms with Gasteiger partial charge in [-0.25, -0.2) is 4.79 Å². The average molecular weight is 379 g/mol. The topological polar surface area (TPSA) is 48.5 Å². The molecule has 1 aromatic heterocycles. The third-order valence-electron chi connectivity index (χ3n) is 6.10. The minimum absolute atomic E-state index is 0.0268. The van der Waals surface area contributed by atoms with Gasteiger partial charge in [0.05, 0.1) is 6.04 Å². The smallest absolute Gasteiger partial charge is 0.318 e. The van der Waals surface area contributed by atoms with Gasteiger partial charge in [0.1, 0.15) is 0 Å². The Hall–Kier alpha value is -2.40. The Morgan fingerprint density at radius 3 is 2.36 bits per heavy atom. The standard InChI is InChI=1S/C23H30N4O/c28-23(27-16-6-15-26(17-18-27)21-9-4-5-10-21)25-22(19-7-2-1-3-8-19)20-11-13-24-14-12-20/h1-3,7-8,11-14,21-22H,4-6,9-10,15-18H2,(H,25,28). The van der Waals surface area contributed by atoms with Crippen molar-refractivity contribution in [2.24, 2.45) is 0 Å². The Kier molecular flexibility index (Phi) is 6.22. The van der Waals surface area contributed by atoms with Crippen LogP contribution in [0.2, 0.25) is 0 Å². The van der Waals surface area contributed by atoms with Crippen molar-refractivity contribution in [1.82, 2.24) is 20.1 Å². The number of nitrogens with one attached hydrogen (secondary N) is 1. The predicted molar refractivity (Wildman–Crippen MR) is 111 cm³/mol. The lowest BCUT2D eigenvalue weighted by molar-refractivity contribution is 0.186. The number of amides is 2. The van der Waals surface area contributed by atoms with Crippen LogP contribution in [0.4, 0.5) is 4.79 Å². The molecule has 1 aromatic carbocycles. The molecule has 148 valence electrons. The summed E-state index contributed by atoms with van der Waals surface area (Å²) in [6.07, 6.45) is 9.97. The molecule has 0 radical (unpaired) electrons. The van der Waals surface area contributed by atoms with E-state index < -0.39 is 0 Å². The number of aromatic nitrogens is 1. The number of carbonyl (C=O) groups excluding carboxylic acids is 1. The molecular weight excluding hydrogens is 348 g/mol. The maximum atomic E-state index is 13.1. The van der Waals surface area contributed by atoms with Crippen LogP contribution in [0.3, 0.4) is 0 Å². The van der Waals surface area contributed by atoms with Crippen LogP contribution in [-0.2, 0) is 0 Å². The van der Waals surface area contributed by atoms with E-state index in [1.165, 1.54) is 25.7 Å². The first kappa shape index (κ1) is 18.9. The Labute approximate surface area is 167 Å². The zero-order valence-corrected chi connectivity index (χ0v) is 16.5. The molecule has 5 heteroatoms. The molecule has 2 fully saturated rings. The molecule has 0 bridgehead atoms. The fourth-order valence-electron chi connectivity index (χ4n) is 4.55. The van der Waals surface area contributed by atoms with Gasteiger partial charge in [0.25, 0.3) is 0 Å². The van der Waals surface area contributed by atoms with Crippen LogP contribution in [0.5, 0.6) is 0 Å². The summed E-state index contributed by atoms with van der Waals surface area (Å²) in [5.41, 5.74) is 2.14. The largest absolute Gasteiger partial charge is 0.327 e. The number of pyridine rings is 1. The van der Waals surface area contributed by atoms with Gasteiger partial charge in [-0.2, -0.15) is 0 Å². The maximum absolute atomic E-state index is 13.1. The second-order valence-electron chi connectivity index (χ2n) is 7.89. The minimum atomic E-state index is -0.161. The minimum Gasteiger partial charge on any atom is -0.327 e. The number of hydrogen-bond acceptors (Lipinski definition) is 3. The van der Waals surface area contributed by atoms with E-state index in [9.17, 15) is 4.79 Å². The van der Waals surface area contributed by atoms with Gasteiger partial charge in [-0.15, -0.1) is 0 Å². The molecular formula is C23H30N4O. The van der Waals surface area contributed by atoms with Crippen molar-refractivity contribution in [3.05, 3.63) is 66.0 Å². The summed E-state index contributed by atoms with van der Waals surface area (Å²) in [5.74, 6) is 0. The lowest BCUT2D eigenvalue weighted by Gasteiger charge is -2.28. The third kappa shape index (κ3) is 4.53. The van der Waals surface area contributed by atoms with Crippen molar-refractivity contribution in [3.63, 3.8) is 0 Å². The molecule has 1 aliphatic carbocycles. The summed E-state index contributed by atoms with van der Waals surface area (Å²) in [6, 6.07) is 14.7. The molecule has 0 spiro atoms. The van der Waals surface area contributed by atoms with Gasteiger partial charge in [0, 0.05) is 44.6 Å². The van der Waals surface area contributed by atoms with Gasteiger partial charge in [-0.1, -0.05) is 43.2 Å². The van der Waals surface area contributed by atoms with E-state index >= 15 is 0 Å². The van der Waals surface area contributed by atoms with E-state index in [0.717, 1.165) is 49.8 Å². The molecule has 28 heavy (non-hydrogen) atoms. The fraction of sp³-hybridized carbons (Fsp3) is 0.478. The molecule has 4 rings (SSSR count). The normalized spacial score (nSPS) is 19.9. The Balaban J connectivity index is 1.44. The lowest BCUT2D eigenvalue weighted by atomic mass is 10.00. The second kappa shape index (κ2) is 9.20. The molecule has 2 aromatic rings. The molecule has 1 saturated heterocycles. The van der Waals surface area contributed by atoms with Crippen molar-refractivity contribution < 1.29 is 4.79 Å². The van der Waals surface area contributed by atoms with Crippen molar-refractivity contribution in [1.29, 1.82) is 0 Å². The SMILES string of the molecule is O=C(NC(c1ccccc1)c1ccncc1)N1CCCN(C2CCCC2)CC1. The van der Waals surface area contributed by atoms with Crippen LogP contribution in [0.1, 0.15) is 49.3 Å². The van der Waals surface area contributed by atoms with Gasteiger partial charge in [-0.05, 0) is 42.5 Å². The van der Waals surface area contributed by atoms with Gasteiger partial charge in [0.15, 0.2) is 0 Å². The summed E-state index contributed by atoms with van der Waals surface area (Å²) in [7, 11) is 0. The van der Waals surface area contributed by atoms with E-state index in [1.54, 1.807) is 12.4 Å². The molecule has 5 nitrogen and oxygen atoms in total. The van der Waals surface area contributed by atoms with Crippen molar-refractivity contribution in [3.8, 4) is 0 Å². The van der Waals surface area contributed by atoms with Crippen molar-refractivity contribution in [2.75, 3.05) is 26.2 Å². The number of benzene rings is 1. The van der Waals surface area contributed by atoms with Gasteiger partial charge < -0.3 is 10.2 Å². The summed E-state index contributed by atoms with van der Waals surface area (Å²) < 4.78 is 0. The summed E-state index contributed by atoms with van der Waals surface area (Å²) >= 11 is 0. The monoisotopic (exact) mass is 378 g/mol. The summed E-state index contributed by atoms with van der Waals surface area (Å²) in [6.45, 7) is 3.73. The number of rotatable bonds is 4. The maximum Gasteiger partial charge on any atom is 0.318 e. The molecule has 2 aliphatic rings. The number of hydrogen-bond donors (Lipinski definition) is 1. The highest BCUT2D eigenvalue weighted by molar-refractivity contribution is 5.75. The Morgan fingerprint density at radius 1 is 0.893 bits per heavy atom. The summed E-state index contributed by atoms with van der Waals surface area (Å²) in [4.78, 5) is 21.8. The molecule has 1 N–H and O–H groups in total. The fourth-order valence-corrected chi connectivity index (χ4v) is 4.55. The third-order valence-corrected chi connectivity index (χ3v) is 6.10. The van der Waals surface area contributed by atoms with E-state index in [-0.39, 0.29) is 12.1 Å². The highest BCUT2D eigenvalue weighted by Crippen LogP contribution is 2.25. The average Bonchev–Trinajstić information content (AvgIpc) is 3.17. The zero-order valence-electron chi connectivity index (χ0n) is 16.5. The van der Waals surface area contributed by atoms with Crippen molar-refractivity contribution >= 4 is 6.03 Å². The predicted octanol–water partition coefficient (Wildman–Crippen LogP) is 3.83. The van der Waals surface area contributed by atoms with E-state index in [4.69, 9.17) is 0 Å². The first-order valence-corrected chi connectivity index (χ1v) is 10.6. The Bertz CT molecular complexity index is 706.